The second-order valence-electron chi connectivity index (χ2n) is 3.70. The SMILES string of the molecule is CCc1ccccc1-c1ccnc(CO)c1. The van der Waals surface area contributed by atoms with E-state index >= 15 is 0 Å². The fourth-order valence-electron chi connectivity index (χ4n) is 1.84. The summed E-state index contributed by atoms with van der Waals surface area (Å²) in [6, 6.07) is 12.2. The van der Waals surface area contributed by atoms with E-state index in [1.807, 2.05) is 18.2 Å². The Morgan fingerprint density at radius 1 is 1.19 bits per heavy atom. The van der Waals surface area contributed by atoms with E-state index in [2.05, 4.69) is 30.1 Å². The molecule has 16 heavy (non-hydrogen) atoms. The summed E-state index contributed by atoms with van der Waals surface area (Å²) in [4.78, 5) is 4.09. The molecule has 2 nitrogen and oxygen atoms in total. The van der Waals surface area contributed by atoms with Gasteiger partial charge in [0, 0.05) is 6.20 Å². The molecule has 0 atom stereocenters. The van der Waals surface area contributed by atoms with Gasteiger partial charge in [0.2, 0.25) is 0 Å². The van der Waals surface area contributed by atoms with E-state index in [0.717, 1.165) is 12.0 Å². The van der Waals surface area contributed by atoms with Crippen LogP contribution in [-0.2, 0) is 13.0 Å². The van der Waals surface area contributed by atoms with Crippen LogP contribution in [0.3, 0.4) is 0 Å². The van der Waals surface area contributed by atoms with Gasteiger partial charge in [0.05, 0.1) is 12.3 Å². The summed E-state index contributed by atoms with van der Waals surface area (Å²) in [5.41, 5.74) is 4.37. The Hall–Kier alpha value is -1.67. The fourth-order valence-corrected chi connectivity index (χ4v) is 1.84. The monoisotopic (exact) mass is 213 g/mol. The van der Waals surface area contributed by atoms with E-state index in [1.165, 1.54) is 11.1 Å². The Labute approximate surface area is 95.6 Å². The number of hydrogen-bond acceptors (Lipinski definition) is 2. The van der Waals surface area contributed by atoms with E-state index in [4.69, 9.17) is 5.11 Å². The smallest absolute Gasteiger partial charge is 0.0853 e. The van der Waals surface area contributed by atoms with Crippen molar-refractivity contribution >= 4 is 0 Å². The summed E-state index contributed by atoms with van der Waals surface area (Å²) in [6.07, 6.45) is 2.75. The van der Waals surface area contributed by atoms with Crippen molar-refractivity contribution in [1.29, 1.82) is 0 Å². The van der Waals surface area contributed by atoms with Gasteiger partial charge in [-0.3, -0.25) is 4.98 Å². The van der Waals surface area contributed by atoms with Crippen molar-refractivity contribution < 1.29 is 5.11 Å². The highest BCUT2D eigenvalue weighted by molar-refractivity contribution is 5.67. The van der Waals surface area contributed by atoms with E-state index in [9.17, 15) is 0 Å². The summed E-state index contributed by atoms with van der Waals surface area (Å²) in [5.74, 6) is 0. The largest absolute Gasteiger partial charge is 0.390 e. The Morgan fingerprint density at radius 3 is 2.75 bits per heavy atom. The molecule has 0 fully saturated rings. The predicted molar refractivity (Wildman–Crippen MR) is 65.0 cm³/mol. The number of aliphatic hydroxyl groups is 1. The maximum absolute atomic E-state index is 9.07. The van der Waals surface area contributed by atoms with Crippen LogP contribution in [0.1, 0.15) is 18.2 Å². The summed E-state index contributed by atoms with van der Waals surface area (Å²) < 4.78 is 0. The molecular weight excluding hydrogens is 198 g/mol. The highest BCUT2D eigenvalue weighted by Crippen LogP contribution is 2.24. The van der Waals surface area contributed by atoms with E-state index in [-0.39, 0.29) is 6.61 Å². The molecular formula is C14H15NO. The van der Waals surface area contributed by atoms with Crippen LogP contribution in [0.4, 0.5) is 0 Å². The van der Waals surface area contributed by atoms with Gasteiger partial charge in [-0.25, -0.2) is 0 Å². The van der Waals surface area contributed by atoms with Crippen molar-refractivity contribution in [2.75, 3.05) is 0 Å². The lowest BCUT2D eigenvalue weighted by Gasteiger charge is -2.08. The van der Waals surface area contributed by atoms with Gasteiger partial charge in [0.25, 0.3) is 0 Å². The standard InChI is InChI=1S/C14H15NO/c1-2-11-5-3-4-6-14(11)12-7-8-15-13(9-12)10-16/h3-9,16H,2,10H2,1H3. The lowest BCUT2D eigenvalue weighted by Crippen LogP contribution is -1.91. The van der Waals surface area contributed by atoms with Crippen molar-refractivity contribution in [3.05, 3.63) is 53.9 Å². The first kappa shape index (κ1) is 10.8. The average Bonchev–Trinajstić information content (AvgIpc) is 2.38. The number of hydrogen-bond donors (Lipinski definition) is 1. The Balaban J connectivity index is 2.49. The molecule has 1 aromatic carbocycles. The number of aromatic nitrogens is 1. The van der Waals surface area contributed by atoms with Crippen LogP contribution in [0.2, 0.25) is 0 Å². The molecule has 1 heterocycles. The van der Waals surface area contributed by atoms with Crippen LogP contribution in [0.15, 0.2) is 42.6 Å². The highest BCUT2D eigenvalue weighted by atomic mass is 16.3. The Morgan fingerprint density at radius 2 is 2.00 bits per heavy atom. The quantitative estimate of drug-likeness (QED) is 0.850. The maximum atomic E-state index is 9.07. The van der Waals surface area contributed by atoms with Gasteiger partial charge in [-0.1, -0.05) is 31.2 Å². The average molecular weight is 213 g/mol. The minimum absolute atomic E-state index is 0.0118. The van der Waals surface area contributed by atoms with Crippen LogP contribution in [0.25, 0.3) is 11.1 Å². The van der Waals surface area contributed by atoms with Gasteiger partial charge in [-0.05, 0) is 35.2 Å². The minimum atomic E-state index is -0.0118. The molecule has 0 bridgehead atoms. The zero-order valence-corrected chi connectivity index (χ0v) is 9.35. The lowest BCUT2D eigenvalue weighted by atomic mass is 9.98. The van der Waals surface area contributed by atoms with Gasteiger partial charge >= 0.3 is 0 Å². The molecule has 0 spiro atoms. The first-order chi connectivity index (χ1) is 7.85. The molecule has 0 aliphatic heterocycles. The normalized spacial score (nSPS) is 10.4. The molecule has 0 aliphatic rings. The molecule has 1 N–H and O–H groups in total. The first-order valence-corrected chi connectivity index (χ1v) is 5.49. The molecule has 1 aromatic heterocycles. The van der Waals surface area contributed by atoms with Gasteiger partial charge < -0.3 is 5.11 Å². The molecule has 0 radical (unpaired) electrons. The van der Waals surface area contributed by atoms with E-state index in [0.29, 0.717) is 5.69 Å². The fraction of sp³-hybridized carbons (Fsp3) is 0.214. The molecule has 0 amide bonds. The van der Waals surface area contributed by atoms with E-state index in [1.54, 1.807) is 6.20 Å². The first-order valence-electron chi connectivity index (χ1n) is 5.49. The van der Waals surface area contributed by atoms with Gasteiger partial charge in [-0.2, -0.15) is 0 Å². The second-order valence-corrected chi connectivity index (χ2v) is 3.70. The topological polar surface area (TPSA) is 33.1 Å². The number of aryl methyl sites for hydroxylation is 1. The Kier molecular flexibility index (Phi) is 3.32. The number of nitrogens with zero attached hydrogens (tertiary/aromatic N) is 1. The molecule has 2 rings (SSSR count). The van der Waals surface area contributed by atoms with Gasteiger partial charge in [0.15, 0.2) is 0 Å². The molecule has 0 saturated carbocycles. The van der Waals surface area contributed by atoms with Crippen molar-refractivity contribution in [1.82, 2.24) is 4.98 Å². The van der Waals surface area contributed by atoms with Crippen molar-refractivity contribution in [3.63, 3.8) is 0 Å². The zero-order chi connectivity index (χ0) is 11.4. The van der Waals surface area contributed by atoms with Crippen LogP contribution in [-0.4, -0.2) is 10.1 Å². The van der Waals surface area contributed by atoms with Gasteiger partial charge in [0.1, 0.15) is 0 Å². The maximum Gasteiger partial charge on any atom is 0.0853 e. The van der Waals surface area contributed by atoms with Gasteiger partial charge in [-0.15, -0.1) is 0 Å². The van der Waals surface area contributed by atoms with E-state index < -0.39 is 0 Å². The molecule has 2 heteroatoms. The second kappa shape index (κ2) is 4.90. The highest BCUT2D eigenvalue weighted by Gasteiger charge is 2.03. The Bertz CT molecular complexity index is 480. The lowest BCUT2D eigenvalue weighted by molar-refractivity contribution is 0.277. The summed E-state index contributed by atoms with van der Waals surface area (Å²) in [6.45, 7) is 2.13. The third-order valence-corrected chi connectivity index (χ3v) is 2.69. The predicted octanol–water partition coefficient (Wildman–Crippen LogP) is 2.80. The van der Waals surface area contributed by atoms with Crippen LogP contribution < -0.4 is 0 Å². The minimum Gasteiger partial charge on any atom is -0.390 e. The third-order valence-electron chi connectivity index (χ3n) is 2.69. The van der Waals surface area contributed by atoms with Crippen LogP contribution in [0.5, 0.6) is 0 Å². The number of aliphatic hydroxyl groups excluding tert-OH is 1. The van der Waals surface area contributed by atoms with Crippen molar-refractivity contribution in [2.24, 2.45) is 0 Å². The zero-order valence-electron chi connectivity index (χ0n) is 9.35. The number of rotatable bonds is 3. The molecule has 0 aliphatic carbocycles. The number of benzene rings is 1. The summed E-state index contributed by atoms with van der Waals surface area (Å²) in [7, 11) is 0. The molecule has 82 valence electrons. The third kappa shape index (κ3) is 2.12. The molecule has 0 unspecified atom stereocenters. The molecule has 2 aromatic rings. The van der Waals surface area contributed by atoms with Crippen molar-refractivity contribution in [3.8, 4) is 11.1 Å². The number of pyridine rings is 1. The molecule has 0 saturated heterocycles. The van der Waals surface area contributed by atoms with Crippen LogP contribution >= 0.6 is 0 Å². The van der Waals surface area contributed by atoms with Crippen LogP contribution in [0, 0.1) is 0 Å². The van der Waals surface area contributed by atoms with Crippen molar-refractivity contribution in [2.45, 2.75) is 20.0 Å². The summed E-state index contributed by atoms with van der Waals surface area (Å²) >= 11 is 0. The summed E-state index contributed by atoms with van der Waals surface area (Å²) in [5, 5.41) is 9.07.